The van der Waals surface area contributed by atoms with E-state index in [1.807, 2.05) is 25.1 Å². The summed E-state index contributed by atoms with van der Waals surface area (Å²) < 4.78 is 16.4. The van der Waals surface area contributed by atoms with Crippen LogP contribution in [0.5, 0.6) is 11.5 Å². The molecule has 0 bridgehead atoms. The van der Waals surface area contributed by atoms with Crippen molar-refractivity contribution in [3.8, 4) is 11.5 Å². The SMILES string of the molecule is COCC1(C(=O)NC(C)c2ccc3c(c2)OCCO3)CCNC1. The second-order valence-electron chi connectivity index (χ2n) is 6.24. The highest BCUT2D eigenvalue weighted by atomic mass is 16.6. The summed E-state index contributed by atoms with van der Waals surface area (Å²) in [5.41, 5.74) is 0.526. The van der Waals surface area contributed by atoms with Crippen LogP contribution in [0.15, 0.2) is 18.2 Å². The van der Waals surface area contributed by atoms with Gasteiger partial charge in [-0.2, -0.15) is 0 Å². The summed E-state index contributed by atoms with van der Waals surface area (Å²) in [4.78, 5) is 12.7. The van der Waals surface area contributed by atoms with Crippen molar-refractivity contribution >= 4 is 5.91 Å². The number of hydrogen-bond donors (Lipinski definition) is 2. The van der Waals surface area contributed by atoms with Gasteiger partial charge < -0.3 is 24.8 Å². The van der Waals surface area contributed by atoms with Crippen LogP contribution >= 0.6 is 0 Å². The Kier molecular flexibility index (Phi) is 4.73. The van der Waals surface area contributed by atoms with E-state index >= 15 is 0 Å². The minimum Gasteiger partial charge on any atom is -0.486 e. The van der Waals surface area contributed by atoms with Crippen LogP contribution in [0, 0.1) is 5.41 Å². The molecule has 2 atom stereocenters. The number of benzene rings is 1. The van der Waals surface area contributed by atoms with E-state index in [0.29, 0.717) is 26.4 Å². The van der Waals surface area contributed by atoms with Gasteiger partial charge in [0, 0.05) is 13.7 Å². The van der Waals surface area contributed by atoms with Crippen LogP contribution in [-0.4, -0.2) is 45.9 Å². The number of nitrogens with one attached hydrogen (secondary N) is 2. The zero-order chi connectivity index (χ0) is 16.3. The van der Waals surface area contributed by atoms with Gasteiger partial charge in [0.05, 0.1) is 18.1 Å². The number of ether oxygens (including phenoxy) is 3. The highest BCUT2D eigenvalue weighted by molar-refractivity contribution is 5.84. The molecule has 1 fully saturated rings. The van der Waals surface area contributed by atoms with Crippen molar-refractivity contribution in [1.82, 2.24) is 10.6 Å². The molecule has 126 valence electrons. The molecule has 6 heteroatoms. The molecule has 23 heavy (non-hydrogen) atoms. The number of hydrogen-bond acceptors (Lipinski definition) is 5. The van der Waals surface area contributed by atoms with E-state index in [4.69, 9.17) is 14.2 Å². The number of amides is 1. The Balaban J connectivity index is 1.70. The van der Waals surface area contributed by atoms with E-state index in [2.05, 4.69) is 10.6 Å². The zero-order valence-corrected chi connectivity index (χ0v) is 13.7. The number of fused-ring (bicyclic) bond motifs is 1. The first-order chi connectivity index (χ1) is 11.1. The zero-order valence-electron chi connectivity index (χ0n) is 13.7. The molecule has 1 aromatic carbocycles. The summed E-state index contributed by atoms with van der Waals surface area (Å²) in [5.74, 6) is 1.53. The number of rotatable bonds is 5. The van der Waals surface area contributed by atoms with E-state index in [1.54, 1.807) is 7.11 Å². The average Bonchev–Trinajstić information content (AvgIpc) is 3.04. The summed E-state index contributed by atoms with van der Waals surface area (Å²) in [6.45, 7) is 5.03. The van der Waals surface area contributed by atoms with Gasteiger partial charge in [0.15, 0.2) is 11.5 Å². The van der Waals surface area contributed by atoms with Crippen LogP contribution in [0.2, 0.25) is 0 Å². The Labute approximate surface area is 136 Å². The van der Waals surface area contributed by atoms with Gasteiger partial charge in [0.25, 0.3) is 0 Å². The lowest BCUT2D eigenvalue weighted by Crippen LogP contribution is -2.46. The lowest BCUT2D eigenvalue weighted by Gasteiger charge is -2.28. The molecule has 2 aliphatic heterocycles. The first-order valence-electron chi connectivity index (χ1n) is 8.05. The quantitative estimate of drug-likeness (QED) is 0.855. The Hall–Kier alpha value is -1.79. The first kappa shape index (κ1) is 16.1. The molecule has 1 aromatic rings. The lowest BCUT2D eigenvalue weighted by molar-refractivity contribution is -0.133. The highest BCUT2D eigenvalue weighted by Gasteiger charge is 2.41. The monoisotopic (exact) mass is 320 g/mol. The highest BCUT2D eigenvalue weighted by Crippen LogP contribution is 2.33. The molecular weight excluding hydrogens is 296 g/mol. The molecule has 2 heterocycles. The largest absolute Gasteiger partial charge is 0.486 e. The molecule has 2 unspecified atom stereocenters. The maximum atomic E-state index is 12.7. The molecule has 0 aliphatic carbocycles. The third kappa shape index (κ3) is 3.28. The van der Waals surface area contributed by atoms with E-state index in [1.165, 1.54) is 0 Å². The smallest absolute Gasteiger partial charge is 0.230 e. The number of methoxy groups -OCH3 is 1. The molecule has 2 N–H and O–H groups in total. The fourth-order valence-electron chi connectivity index (χ4n) is 3.16. The van der Waals surface area contributed by atoms with Crippen LogP contribution in [-0.2, 0) is 9.53 Å². The maximum absolute atomic E-state index is 12.7. The van der Waals surface area contributed by atoms with Gasteiger partial charge in [0.1, 0.15) is 13.2 Å². The molecule has 0 spiro atoms. The average molecular weight is 320 g/mol. The Bertz CT molecular complexity index is 570. The maximum Gasteiger partial charge on any atom is 0.230 e. The Morgan fingerprint density at radius 1 is 1.39 bits per heavy atom. The first-order valence-corrected chi connectivity index (χ1v) is 8.05. The second kappa shape index (κ2) is 6.76. The van der Waals surface area contributed by atoms with Crippen molar-refractivity contribution in [2.24, 2.45) is 5.41 Å². The summed E-state index contributed by atoms with van der Waals surface area (Å²) >= 11 is 0. The van der Waals surface area contributed by atoms with Crippen LogP contribution in [0.4, 0.5) is 0 Å². The molecule has 6 nitrogen and oxygen atoms in total. The van der Waals surface area contributed by atoms with Crippen molar-refractivity contribution in [3.05, 3.63) is 23.8 Å². The molecular formula is C17H24N2O4. The van der Waals surface area contributed by atoms with Gasteiger partial charge >= 0.3 is 0 Å². The van der Waals surface area contributed by atoms with Crippen LogP contribution in [0.1, 0.15) is 24.9 Å². The fourth-order valence-corrected chi connectivity index (χ4v) is 3.16. The van der Waals surface area contributed by atoms with Crippen LogP contribution < -0.4 is 20.1 Å². The molecule has 0 aromatic heterocycles. The van der Waals surface area contributed by atoms with Gasteiger partial charge in [0.2, 0.25) is 5.91 Å². The van der Waals surface area contributed by atoms with E-state index in [9.17, 15) is 4.79 Å². The third-order valence-electron chi connectivity index (χ3n) is 4.56. The Morgan fingerprint density at radius 2 is 2.17 bits per heavy atom. The molecule has 0 radical (unpaired) electrons. The Morgan fingerprint density at radius 3 is 2.87 bits per heavy atom. The predicted octanol–water partition coefficient (Wildman–Crippen LogP) is 1.26. The van der Waals surface area contributed by atoms with Gasteiger partial charge in [-0.3, -0.25) is 4.79 Å². The van der Waals surface area contributed by atoms with Crippen molar-refractivity contribution in [3.63, 3.8) is 0 Å². The fraction of sp³-hybridized carbons (Fsp3) is 0.588. The van der Waals surface area contributed by atoms with Crippen molar-refractivity contribution in [1.29, 1.82) is 0 Å². The summed E-state index contributed by atoms with van der Waals surface area (Å²) in [5, 5.41) is 6.37. The lowest BCUT2D eigenvalue weighted by atomic mass is 9.86. The summed E-state index contributed by atoms with van der Waals surface area (Å²) in [6, 6.07) is 5.70. The van der Waals surface area contributed by atoms with E-state index < -0.39 is 5.41 Å². The van der Waals surface area contributed by atoms with Crippen molar-refractivity contribution in [2.75, 3.05) is 40.0 Å². The standard InChI is InChI=1S/C17H24N2O4/c1-12(13-3-4-14-15(9-13)23-8-7-22-14)19-16(20)17(11-21-2)5-6-18-10-17/h3-4,9,12,18H,5-8,10-11H2,1-2H3,(H,19,20). The van der Waals surface area contributed by atoms with Crippen LogP contribution in [0.25, 0.3) is 0 Å². The van der Waals surface area contributed by atoms with Crippen molar-refractivity contribution < 1.29 is 19.0 Å². The minimum absolute atomic E-state index is 0.0340. The van der Waals surface area contributed by atoms with Gasteiger partial charge in [-0.1, -0.05) is 6.07 Å². The number of carbonyl (C=O) groups excluding carboxylic acids is 1. The van der Waals surface area contributed by atoms with Gasteiger partial charge in [-0.05, 0) is 37.6 Å². The van der Waals surface area contributed by atoms with Gasteiger partial charge in [-0.25, -0.2) is 0 Å². The predicted molar refractivity (Wildman–Crippen MR) is 85.8 cm³/mol. The second-order valence-corrected chi connectivity index (χ2v) is 6.24. The summed E-state index contributed by atoms with van der Waals surface area (Å²) in [7, 11) is 1.64. The van der Waals surface area contributed by atoms with Gasteiger partial charge in [-0.15, -0.1) is 0 Å². The molecule has 1 saturated heterocycles. The van der Waals surface area contributed by atoms with E-state index in [0.717, 1.165) is 30.0 Å². The molecule has 0 saturated carbocycles. The number of carbonyl (C=O) groups is 1. The minimum atomic E-state index is -0.475. The summed E-state index contributed by atoms with van der Waals surface area (Å²) in [6.07, 6.45) is 0.792. The van der Waals surface area contributed by atoms with Crippen molar-refractivity contribution in [2.45, 2.75) is 19.4 Å². The van der Waals surface area contributed by atoms with E-state index in [-0.39, 0.29) is 11.9 Å². The molecule has 2 aliphatic rings. The molecule has 3 rings (SSSR count). The normalized spacial score (nSPS) is 24.3. The third-order valence-corrected chi connectivity index (χ3v) is 4.56. The topological polar surface area (TPSA) is 68.8 Å². The van der Waals surface area contributed by atoms with Crippen LogP contribution in [0.3, 0.4) is 0 Å². The molecule has 1 amide bonds.